The Kier molecular flexibility index (Phi) is 3.35. The number of hydrogen-bond acceptors (Lipinski definition) is 3. The zero-order chi connectivity index (χ0) is 9.03. The maximum Gasteiger partial charge on any atom is 0.0791 e. The monoisotopic (exact) mass is 185 g/mol. The molecule has 0 spiro atoms. The molecule has 1 aliphatic heterocycles. The molecule has 1 rings (SSSR count). The molecule has 0 unspecified atom stereocenters. The molecule has 3 heteroatoms. The molecule has 12 heavy (non-hydrogen) atoms. The second-order valence-corrected chi connectivity index (χ2v) is 5.00. The summed E-state index contributed by atoms with van der Waals surface area (Å²) >= 11 is 1.82. The van der Waals surface area contributed by atoms with Crippen LogP contribution >= 0.6 is 11.8 Å². The average molecular weight is 185 g/mol. The first kappa shape index (κ1) is 9.81. The number of ether oxygens (including phenoxy) is 1. The maximum absolute atomic E-state index is 5.30. The van der Waals surface area contributed by atoms with Crippen molar-refractivity contribution in [3.8, 4) is 0 Å². The van der Waals surface area contributed by atoms with Crippen molar-refractivity contribution in [2.45, 2.75) is 25.5 Å². The van der Waals surface area contributed by atoms with Crippen molar-refractivity contribution in [2.75, 3.05) is 13.2 Å². The number of aliphatic imine (C=N–C) groups is 1. The van der Waals surface area contributed by atoms with Crippen molar-refractivity contribution in [3.05, 3.63) is 11.1 Å². The molecule has 1 heterocycles. The van der Waals surface area contributed by atoms with E-state index < -0.39 is 0 Å². The lowest BCUT2D eigenvalue weighted by Crippen LogP contribution is -2.19. The van der Waals surface area contributed by atoms with E-state index in [0.717, 1.165) is 6.61 Å². The molecule has 0 amide bonds. The van der Waals surface area contributed by atoms with Gasteiger partial charge in [0.1, 0.15) is 0 Å². The first-order chi connectivity index (χ1) is 5.64. The van der Waals surface area contributed by atoms with Crippen molar-refractivity contribution in [2.24, 2.45) is 4.99 Å². The Labute approximate surface area is 78.1 Å². The molecule has 0 saturated heterocycles. The van der Waals surface area contributed by atoms with Crippen LogP contribution in [0.15, 0.2) is 16.1 Å². The minimum Gasteiger partial charge on any atom is -0.376 e. The second-order valence-electron chi connectivity index (χ2n) is 3.22. The highest BCUT2D eigenvalue weighted by Crippen LogP contribution is 2.32. The SMILES string of the molecule is CCOCC1=CN=CC(C)(C)S1. The molecule has 1 aliphatic rings. The smallest absolute Gasteiger partial charge is 0.0791 e. The van der Waals surface area contributed by atoms with Crippen LogP contribution in [0.5, 0.6) is 0 Å². The Morgan fingerprint density at radius 1 is 1.58 bits per heavy atom. The summed E-state index contributed by atoms with van der Waals surface area (Å²) in [6.07, 6.45) is 3.85. The third-order valence-electron chi connectivity index (χ3n) is 1.45. The van der Waals surface area contributed by atoms with Crippen LogP contribution in [0.25, 0.3) is 0 Å². The van der Waals surface area contributed by atoms with E-state index in [-0.39, 0.29) is 4.75 Å². The van der Waals surface area contributed by atoms with E-state index in [1.807, 2.05) is 31.1 Å². The molecule has 0 aliphatic carbocycles. The number of thioether (sulfide) groups is 1. The molecule has 2 nitrogen and oxygen atoms in total. The summed E-state index contributed by atoms with van der Waals surface area (Å²) in [5.41, 5.74) is 0. The van der Waals surface area contributed by atoms with Crippen LogP contribution < -0.4 is 0 Å². The van der Waals surface area contributed by atoms with Gasteiger partial charge in [-0.1, -0.05) is 0 Å². The zero-order valence-corrected chi connectivity index (χ0v) is 8.65. The number of rotatable bonds is 3. The molecule has 68 valence electrons. The summed E-state index contributed by atoms with van der Waals surface area (Å²) in [5.74, 6) is 0. The summed E-state index contributed by atoms with van der Waals surface area (Å²) in [7, 11) is 0. The van der Waals surface area contributed by atoms with Crippen molar-refractivity contribution in [3.63, 3.8) is 0 Å². The van der Waals surface area contributed by atoms with E-state index in [2.05, 4.69) is 18.8 Å². The summed E-state index contributed by atoms with van der Waals surface area (Å²) in [4.78, 5) is 5.39. The van der Waals surface area contributed by atoms with Gasteiger partial charge >= 0.3 is 0 Å². The predicted octanol–water partition coefficient (Wildman–Crippen LogP) is 2.46. The molecule has 0 bridgehead atoms. The van der Waals surface area contributed by atoms with Crippen LogP contribution in [-0.2, 0) is 4.74 Å². The minimum absolute atomic E-state index is 0.126. The van der Waals surface area contributed by atoms with Crippen LogP contribution in [0.4, 0.5) is 0 Å². The topological polar surface area (TPSA) is 21.6 Å². The largest absolute Gasteiger partial charge is 0.376 e. The highest BCUT2D eigenvalue weighted by molar-refractivity contribution is 8.05. The predicted molar refractivity (Wildman–Crippen MR) is 54.7 cm³/mol. The molecule has 0 saturated carbocycles. The lowest BCUT2D eigenvalue weighted by molar-refractivity contribution is 0.175. The highest BCUT2D eigenvalue weighted by atomic mass is 32.2. The highest BCUT2D eigenvalue weighted by Gasteiger charge is 2.20. The Bertz CT molecular complexity index is 209. The van der Waals surface area contributed by atoms with Gasteiger partial charge in [0.05, 0.1) is 6.61 Å². The fourth-order valence-corrected chi connectivity index (χ4v) is 2.01. The van der Waals surface area contributed by atoms with Gasteiger partial charge in [-0.25, -0.2) is 0 Å². The van der Waals surface area contributed by atoms with Gasteiger partial charge in [0, 0.05) is 28.7 Å². The first-order valence-corrected chi connectivity index (χ1v) is 4.96. The Morgan fingerprint density at radius 3 is 2.92 bits per heavy atom. The van der Waals surface area contributed by atoms with Crippen molar-refractivity contribution < 1.29 is 4.74 Å². The summed E-state index contributed by atoms with van der Waals surface area (Å²) in [6.45, 7) is 7.77. The fraction of sp³-hybridized carbons (Fsp3) is 0.667. The van der Waals surface area contributed by atoms with Crippen molar-refractivity contribution >= 4 is 18.0 Å². The van der Waals surface area contributed by atoms with Gasteiger partial charge in [-0.05, 0) is 20.8 Å². The maximum atomic E-state index is 5.30. The van der Waals surface area contributed by atoms with Crippen LogP contribution in [0, 0.1) is 0 Å². The third kappa shape index (κ3) is 2.99. The van der Waals surface area contributed by atoms with Gasteiger partial charge in [0.2, 0.25) is 0 Å². The minimum atomic E-state index is 0.126. The van der Waals surface area contributed by atoms with Gasteiger partial charge in [-0.3, -0.25) is 4.99 Å². The summed E-state index contributed by atoms with van der Waals surface area (Å²) < 4.78 is 5.43. The molecule has 0 aromatic carbocycles. The zero-order valence-electron chi connectivity index (χ0n) is 7.83. The van der Waals surface area contributed by atoms with Crippen molar-refractivity contribution in [1.29, 1.82) is 0 Å². The van der Waals surface area contributed by atoms with Crippen molar-refractivity contribution in [1.82, 2.24) is 0 Å². The molecular formula is C9H15NOS. The first-order valence-electron chi connectivity index (χ1n) is 4.14. The number of nitrogens with zero attached hydrogens (tertiary/aromatic N) is 1. The second kappa shape index (κ2) is 4.10. The third-order valence-corrected chi connectivity index (χ3v) is 2.56. The molecule has 0 fully saturated rings. The van der Waals surface area contributed by atoms with Crippen LogP contribution in [0.3, 0.4) is 0 Å². The molecule has 0 aromatic heterocycles. The quantitative estimate of drug-likeness (QED) is 0.673. The van der Waals surface area contributed by atoms with Crippen LogP contribution in [0.2, 0.25) is 0 Å². The molecule has 0 radical (unpaired) electrons. The van der Waals surface area contributed by atoms with Gasteiger partial charge < -0.3 is 4.74 Å². The van der Waals surface area contributed by atoms with Gasteiger partial charge in [-0.2, -0.15) is 0 Å². The Balaban J connectivity index is 2.46. The van der Waals surface area contributed by atoms with Crippen LogP contribution in [-0.4, -0.2) is 24.2 Å². The lowest BCUT2D eigenvalue weighted by Gasteiger charge is -2.22. The standard InChI is InChI=1S/C9H15NOS/c1-4-11-6-8-5-10-7-9(2,3)12-8/h5,7H,4,6H2,1-3H3. The van der Waals surface area contributed by atoms with E-state index in [4.69, 9.17) is 4.74 Å². The van der Waals surface area contributed by atoms with E-state index in [0.29, 0.717) is 6.61 Å². The fourth-order valence-electron chi connectivity index (χ4n) is 0.960. The van der Waals surface area contributed by atoms with E-state index in [1.165, 1.54) is 4.91 Å². The van der Waals surface area contributed by atoms with Gasteiger partial charge in [-0.15, -0.1) is 11.8 Å². The summed E-state index contributed by atoms with van der Waals surface area (Å²) in [6, 6.07) is 0. The normalized spacial score (nSPS) is 20.8. The Hall–Kier alpha value is -0.280. The van der Waals surface area contributed by atoms with E-state index in [9.17, 15) is 0 Å². The summed E-state index contributed by atoms with van der Waals surface area (Å²) in [5, 5.41) is 0. The lowest BCUT2D eigenvalue weighted by atomic mass is 10.2. The van der Waals surface area contributed by atoms with Gasteiger partial charge in [0.25, 0.3) is 0 Å². The molecular weight excluding hydrogens is 170 g/mol. The van der Waals surface area contributed by atoms with E-state index in [1.54, 1.807) is 0 Å². The van der Waals surface area contributed by atoms with E-state index >= 15 is 0 Å². The van der Waals surface area contributed by atoms with Gasteiger partial charge in [0.15, 0.2) is 0 Å². The number of hydrogen-bond donors (Lipinski definition) is 0. The van der Waals surface area contributed by atoms with Crippen LogP contribution in [0.1, 0.15) is 20.8 Å². The molecule has 0 aromatic rings. The molecule has 0 N–H and O–H groups in total. The molecule has 0 atom stereocenters. The Morgan fingerprint density at radius 2 is 2.33 bits per heavy atom. The average Bonchev–Trinajstić information content (AvgIpc) is 1.99.